The molecule has 26 heavy (non-hydrogen) atoms. The summed E-state index contributed by atoms with van der Waals surface area (Å²) in [6, 6.07) is 13.1. The van der Waals surface area contributed by atoms with Crippen LogP contribution in [-0.4, -0.2) is 32.3 Å². The summed E-state index contributed by atoms with van der Waals surface area (Å²) in [5.74, 6) is 1.47. The number of benzene rings is 2. The molecule has 0 aliphatic rings. The van der Waals surface area contributed by atoms with Crippen molar-refractivity contribution in [3.8, 4) is 17.2 Å². The minimum atomic E-state index is -0.108. The van der Waals surface area contributed by atoms with Gasteiger partial charge in [0.2, 0.25) is 5.75 Å². The number of carbonyl (C=O) groups is 1. The molecule has 0 saturated heterocycles. The quantitative estimate of drug-likeness (QED) is 0.661. The van der Waals surface area contributed by atoms with E-state index < -0.39 is 0 Å². The first-order valence-corrected chi connectivity index (χ1v) is 9.09. The molecule has 5 nitrogen and oxygen atoms in total. The number of nitrogens with zero attached hydrogens (tertiary/aromatic N) is 1. The average molecular weight is 357 g/mol. The summed E-state index contributed by atoms with van der Waals surface area (Å²) in [6.07, 6.45) is 0. The fourth-order valence-corrected chi connectivity index (χ4v) is 2.72. The third kappa shape index (κ3) is 4.48. The largest absolute Gasteiger partial charge is 0.490 e. The standard InChI is InChI=1S/C21H27NO4/c1-5-22(17-12-10-9-11-13-17)21(23)16-14-18(24-6-2)20(26-8-4)19(15-16)25-7-3/h9-15H,5-8H2,1-4H3. The lowest BCUT2D eigenvalue weighted by atomic mass is 10.1. The molecular formula is C21H27NO4. The molecule has 0 unspecified atom stereocenters. The highest BCUT2D eigenvalue weighted by Crippen LogP contribution is 2.39. The first-order chi connectivity index (χ1) is 12.7. The van der Waals surface area contributed by atoms with Gasteiger partial charge in [0.15, 0.2) is 11.5 Å². The summed E-state index contributed by atoms with van der Waals surface area (Å²) >= 11 is 0. The van der Waals surface area contributed by atoms with E-state index in [1.807, 2.05) is 58.0 Å². The first-order valence-electron chi connectivity index (χ1n) is 9.09. The average Bonchev–Trinajstić information content (AvgIpc) is 2.66. The van der Waals surface area contributed by atoms with Crippen LogP contribution in [0.3, 0.4) is 0 Å². The van der Waals surface area contributed by atoms with E-state index in [4.69, 9.17) is 14.2 Å². The maximum absolute atomic E-state index is 13.1. The van der Waals surface area contributed by atoms with Crippen LogP contribution in [0.4, 0.5) is 5.69 Å². The van der Waals surface area contributed by atoms with Crippen LogP contribution in [0, 0.1) is 0 Å². The Morgan fingerprint density at radius 1 is 0.846 bits per heavy atom. The molecule has 2 aromatic rings. The lowest BCUT2D eigenvalue weighted by molar-refractivity contribution is 0.0987. The van der Waals surface area contributed by atoms with E-state index in [0.717, 1.165) is 5.69 Å². The Labute approximate surface area is 155 Å². The van der Waals surface area contributed by atoms with Gasteiger partial charge in [-0.2, -0.15) is 0 Å². The highest BCUT2D eigenvalue weighted by Gasteiger charge is 2.22. The van der Waals surface area contributed by atoms with E-state index in [1.54, 1.807) is 17.0 Å². The normalized spacial score (nSPS) is 10.3. The predicted molar refractivity (Wildman–Crippen MR) is 104 cm³/mol. The molecule has 2 rings (SSSR count). The fraction of sp³-hybridized carbons (Fsp3) is 0.381. The van der Waals surface area contributed by atoms with Gasteiger partial charge in [0.1, 0.15) is 0 Å². The topological polar surface area (TPSA) is 48.0 Å². The third-order valence-corrected chi connectivity index (χ3v) is 3.79. The number of hydrogen-bond acceptors (Lipinski definition) is 4. The highest BCUT2D eigenvalue weighted by molar-refractivity contribution is 6.06. The Kier molecular flexibility index (Phi) is 7.33. The Hall–Kier alpha value is -2.69. The van der Waals surface area contributed by atoms with Crippen LogP contribution in [-0.2, 0) is 0 Å². The number of amides is 1. The summed E-state index contributed by atoms with van der Waals surface area (Å²) in [4.78, 5) is 14.9. The number of anilines is 1. The first kappa shape index (κ1) is 19.6. The van der Waals surface area contributed by atoms with Crippen LogP contribution >= 0.6 is 0 Å². The summed E-state index contributed by atoms with van der Waals surface area (Å²) in [5, 5.41) is 0. The second-order valence-electron chi connectivity index (χ2n) is 5.49. The maximum Gasteiger partial charge on any atom is 0.258 e. The van der Waals surface area contributed by atoms with E-state index in [2.05, 4.69) is 0 Å². The molecule has 140 valence electrons. The summed E-state index contributed by atoms with van der Waals surface area (Å²) in [6.45, 7) is 9.63. The van der Waals surface area contributed by atoms with Crippen molar-refractivity contribution in [1.82, 2.24) is 0 Å². The molecule has 0 aromatic heterocycles. The number of para-hydroxylation sites is 1. The minimum absolute atomic E-state index is 0.108. The second-order valence-corrected chi connectivity index (χ2v) is 5.49. The van der Waals surface area contributed by atoms with Gasteiger partial charge < -0.3 is 19.1 Å². The minimum Gasteiger partial charge on any atom is -0.490 e. The van der Waals surface area contributed by atoms with Crippen molar-refractivity contribution in [2.75, 3.05) is 31.3 Å². The van der Waals surface area contributed by atoms with Crippen LogP contribution in [0.1, 0.15) is 38.1 Å². The monoisotopic (exact) mass is 357 g/mol. The van der Waals surface area contributed by atoms with E-state index in [9.17, 15) is 4.79 Å². The van der Waals surface area contributed by atoms with Crippen molar-refractivity contribution in [3.05, 3.63) is 48.0 Å². The van der Waals surface area contributed by atoms with Crippen molar-refractivity contribution < 1.29 is 19.0 Å². The summed E-state index contributed by atoms with van der Waals surface area (Å²) in [5.41, 5.74) is 1.36. The number of hydrogen-bond donors (Lipinski definition) is 0. The van der Waals surface area contributed by atoms with Gasteiger partial charge in [-0.15, -0.1) is 0 Å². The second kappa shape index (κ2) is 9.70. The molecule has 0 fully saturated rings. The van der Waals surface area contributed by atoms with Crippen LogP contribution in [0.2, 0.25) is 0 Å². The molecule has 0 heterocycles. The van der Waals surface area contributed by atoms with Crippen molar-refractivity contribution in [1.29, 1.82) is 0 Å². The van der Waals surface area contributed by atoms with Gasteiger partial charge in [0, 0.05) is 17.8 Å². The molecule has 0 spiro atoms. The zero-order chi connectivity index (χ0) is 18.9. The van der Waals surface area contributed by atoms with Crippen molar-refractivity contribution in [2.24, 2.45) is 0 Å². The Bertz CT molecular complexity index is 688. The van der Waals surface area contributed by atoms with Crippen molar-refractivity contribution in [3.63, 3.8) is 0 Å². The number of carbonyl (C=O) groups excluding carboxylic acids is 1. The molecule has 0 bridgehead atoms. The lowest BCUT2D eigenvalue weighted by Crippen LogP contribution is -2.30. The molecule has 0 radical (unpaired) electrons. The van der Waals surface area contributed by atoms with Gasteiger partial charge in [-0.3, -0.25) is 4.79 Å². The molecule has 1 amide bonds. The van der Waals surface area contributed by atoms with Crippen molar-refractivity contribution >= 4 is 11.6 Å². The summed E-state index contributed by atoms with van der Waals surface area (Å²) in [7, 11) is 0. The van der Waals surface area contributed by atoms with Crippen LogP contribution < -0.4 is 19.1 Å². The van der Waals surface area contributed by atoms with Gasteiger partial charge in [-0.25, -0.2) is 0 Å². The predicted octanol–water partition coefficient (Wildman–Crippen LogP) is 4.55. The zero-order valence-corrected chi connectivity index (χ0v) is 16.0. The summed E-state index contributed by atoms with van der Waals surface area (Å²) < 4.78 is 17.1. The van der Waals surface area contributed by atoms with Gasteiger partial charge in [0.05, 0.1) is 19.8 Å². The SMILES string of the molecule is CCOc1cc(C(=O)N(CC)c2ccccc2)cc(OCC)c1OCC. The fourth-order valence-electron chi connectivity index (χ4n) is 2.72. The van der Waals surface area contributed by atoms with E-state index in [-0.39, 0.29) is 5.91 Å². The maximum atomic E-state index is 13.1. The highest BCUT2D eigenvalue weighted by atomic mass is 16.5. The number of ether oxygens (including phenoxy) is 3. The molecule has 0 N–H and O–H groups in total. The molecule has 0 atom stereocenters. The van der Waals surface area contributed by atoms with E-state index in [1.165, 1.54) is 0 Å². The van der Waals surface area contributed by atoms with Crippen LogP contribution in [0.5, 0.6) is 17.2 Å². The van der Waals surface area contributed by atoms with Crippen LogP contribution in [0.25, 0.3) is 0 Å². The lowest BCUT2D eigenvalue weighted by Gasteiger charge is -2.23. The van der Waals surface area contributed by atoms with Gasteiger partial charge in [-0.1, -0.05) is 18.2 Å². The van der Waals surface area contributed by atoms with Gasteiger partial charge in [0.25, 0.3) is 5.91 Å². The molecular weight excluding hydrogens is 330 g/mol. The molecule has 2 aromatic carbocycles. The van der Waals surface area contributed by atoms with Crippen molar-refractivity contribution in [2.45, 2.75) is 27.7 Å². The smallest absolute Gasteiger partial charge is 0.258 e. The van der Waals surface area contributed by atoms with Gasteiger partial charge >= 0.3 is 0 Å². The van der Waals surface area contributed by atoms with E-state index >= 15 is 0 Å². The molecule has 0 aliphatic carbocycles. The number of rotatable bonds is 9. The van der Waals surface area contributed by atoms with Crippen LogP contribution in [0.15, 0.2) is 42.5 Å². The van der Waals surface area contributed by atoms with E-state index in [0.29, 0.717) is 49.2 Å². The Morgan fingerprint density at radius 3 is 1.85 bits per heavy atom. The molecule has 5 heteroatoms. The van der Waals surface area contributed by atoms with Gasteiger partial charge in [-0.05, 0) is 52.0 Å². The molecule has 0 aliphatic heterocycles. The molecule has 0 saturated carbocycles. The Balaban J connectivity index is 2.48. The zero-order valence-electron chi connectivity index (χ0n) is 16.0. The Morgan fingerprint density at radius 2 is 1.38 bits per heavy atom. The third-order valence-electron chi connectivity index (χ3n) is 3.79.